The maximum Gasteiger partial charge on any atom is 0.245 e. The summed E-state index contributed by atoms with van der Waals surface area (Å²) >= 11 is 13.7. The normalized spacial score (nSPS) is 11.9. The molecular formula is C16H15Cl2NOS. The number of rotatable bonds is 6. The minimum absolute atomic E-state index is 0.132. The van der Waals surface area contributed by atoms with Gasteiger partial charge < -0.3 is 4.90 Å². The predicted octanol–water partition coefficient (Wildman–Crippen LogP) is 4.90. The van der Waals surface area contributed by atoms with Crippen molar-refractivity contribution >= 4 is 40.4 Å². The molecule has 2 rings (SSSR count). The molecular weight excluding hydrogens is 325 g/mol. The van der Waals surface area contributed by atoms with Crippen molar-refractivity contribution in [2.75, 3.05) is 6.54 Å². The van der Waals surface area contributed by atoms with Gasteiger partial charge in [0.15, 0.2) is 0 Å². The number of nitrogens with zero attached hydrogens (tertiary/aromatic N) is 1. The molecule has 1 aromatic carbocycles. The van der Waals surface area contributed by atoms with Crippen LogP contribution >= 0.6 is 34.5 Å². The van der Waals surface area contributed by atoms with Crippen LogP contribution in [-0.4, -0.2) is 17.4 Å². The molecule has 0 spiro atoms. The first-order valence-corrected chi connectivity index (χ1v) is 8.08. The van der Waals surface area contributed by atoms with Gasteiger partial charge in [-0.15, -0.1) is 29.5 Å². The number of hydrogen-bond acceptors (Lipinski definition) is 2. The third-order valence-corrected chi connectivity index (χ3v) is 4.60. The van der Waals surface area contributed by atoms with Gasteiger partial charge in [0, 0.05) is 11.4 Å². The van der Waals surface area contributed by atoms with Crippen molar-refractivity contribution < 1.29 is 4.79 Å². The Labute approximate surface area is 138 Å². The molecule has 0 N–H and O–H groups in total. The zero-order valence-electron chi connectivity index (χ0n) is 11.3. The predicted molar refractivity (Wildman–Crippen MR) is 90.0 cm³/mol. The highest BCUT2D eigenvalue weighted by molar-refractivity contribution is 7.16. The molecule has 0 aliphatic carbocycles. The summed E-state index contributed by atoms with van der Waals surface area (Å²) in [6, 6.07) is 13.1. The molecule has 1 heterocycles. The van der Waals surface area contributed by atoms with E-state index in [1.165, 1.54) is 11.3 Å². The zero-order valence-corrected chi connectivity index (χ0v) is 13.7. The molecule has 2 aromatic rings. The number of thiophene rings is 1. The van der Waals surface area contributed by atoms with E-state index in [4.69, 9.17) is 23.2 Å². The summed E-state index contributed by atoms with van der Waals surface area (Å²) in [5.74, 6) is -0.132. The van der Waals surface area contributed by atoms with E-state index in [1.807, 2.05) is 42.5 Å². The number of hydrogen-bond donors (Lipinski definition) is 0. The topological polar surface area (TPSA) is 20.3 Å². The van der Waals surface area contributed by atoms with Gasteiger partial charge in [-0.25, -0.2) is 0 Å². The molecule has 0 saturated heterocycles. The maximum atomic E-state index is 12.6. The van der Waals surface area contributed by atoms with Crippen LogP contribution in [0.3, 0.4) is 0 Å². The van der Waals surface area contributed by atoms with Gasteiger partial charge in [0.25, 0.3) is 0 Å². The summed E-state index contributed by atoms with van der Waals surface area (Å²) in [6.45, 7) is 4.64. The number of benzene rings is 1. The highest BCUT2D eigenvalue weighted by atomic mass is 35.5. The summed E-state index contributed by atoms with van der Waals surface area (Å²) in [5, 5.41) is -0.693. The molecule has 0 radical (unpaired) electrons. The molecule has 0 saturated carbocycles. The summed E-state index contributed by atoms with van der Waals surface area (Å²) in [4.78, 5) is 15.3. The van der Waals surface area contributed by atoms with Crippen molar-refractivity contribution in [3.05, 3.63) is 69.9 Å². The molecule has 2 nitrogen and oxygen atoms in total. The van der Waals surface area contributed by atoms with Gasteiger partial charge in [-0.2, -0.15) is 0 Å². The molecule has 21 heavy (non-hydrogen) atoms. The van der Waals surface area contributed by atoms with Crippen LogP contribution in [0, 0.1) is 0 Å². The Morgan fingerprint density at radius 1 is 1.29 bits per heavy atom. The van der Waals surface area contributed by atoms with Gasteiger partial charge >= 0.3 is 0 Å². The van der Waals surface area contributed by atoms with E-state index in [1.54, 1.807) is 11.0 Å². The monoisotopic (exact) mass is 339 g/mol. The van der Waals surface area contributed by atoms with Gasteiger partial charge in [0.1, 0.15) is 5.38 Å². The quantitative estimate of drug-likeness (QED) is 0.541. The van der Waals surface area contributed by atoms with Crippen LogP contribution in [0.5, 0.6) is 0 Å². The molecule has 1 aromatic heterocycles. The smallest absolute Gasteiger partial charge is 0.245 e. The van der Waals surface area contributed by atoms with Crippen molar-refractivity contribution in [1.29, 1.82) is 0 Å². The molecule has 0 aliphatic heterocycles. The Kier molecular flexibility index (Phi) is 5.85. The van der Waals surface area contributed by atoms with Crippen LogP contribution in [0.2, 0.25) is 4.34 Å². The molecule has 0 fully saturated rings. The van der Waals surface area contributed by atoms with Crippen LogP contribution in [0.1, 0.15) is 15.8 Å². The number of carbonyl (C=O) groups is 1. The van der Waals surface area contributed by atoms with E-state index < -0.39 is 5.38 Å². The van der Waals surface area contributed by atoms with Crippen LogP contribution in [0.15, 0.2) is 55.1 Å². The van der Waals surface area contributed by atoms with E-state index in [2.05, 4.69) is 6.58 Å². The fourth-order valence-corrected chi connectivity index (χ4v) is 3.32. The maximum absolute atomic E-state index is 12.6. The van der Waals surface area contributed by atoms with Gasteiger partial charge in [-0.05, 0) is 17.7 Å². The van der Waals surface area contributed by atoms with Gasteiger partial charge in [0.2, 0.25) is 5.91 Å². The first kappa shape index (κ1) is 16.1. The molecule has 5 heteroatoms. The van der Waals surface area contributed by atoms with Crippen molar-refractivity contribution in [2.24, 2.45) is 0 Å². The van der Waals surface area contributed by atoms with Crippen molar-refractivity contribution in [2.45, 2.75) is 11.9 Å². The van der Waals surface area contributed by atoms with Crippen molar-refractivity contribution in [3.8, 4) is 0 Å². The fraction of sp³-hybridized carbons (Fsp3) is 0.188. The van der Waals surface area contributed by atoms with E-state index >= 15 is 0 Å². The van der Waals surface area contributed by atoms with Gasteiger partial charge in [-0.1, -0.05) is 48.0 Å². The van der Waals surface area contributed by atoms with Crippen LogP contribution in [0.4, 0.5) is 0 Å². The summed E-state index contributed by atoms with van der Waals surface area (Å²) < 4.78 is 0.710. The zero-order chi connectivity index (χ0) is 15.2. The second-order valence-electron chi connectivity index (χ2n) is 4.49. The largest absolute Gasteiger partial charge is 0.332 e. The highest BCUT2D eigenvalue weighted by Crippen LogP contribution is 2.26. The average molecular weight is 340 g/mol. The lowest BCUT2D eigenvalue weighted by atomic mass is 10.1. The molecule has 0 aliphatic rings. The first-order valence-electron chi connectivity index (χ1n) is 6.44. The minimum atomic E-state index is -0.693. The van der Waals surface area contributed by atoms with Gasteiger partial charge in [-0.3, -0.25) is 4.79 Å². The standard InChI is InChI=1S/C16H15Cl2NOS/c1-2-10-19(11-13-8-9-14(17)21-13)16(20)15(18)12-6-4-3-5-7-12/h2-9,15H,1,10-11H2. The third kappa shape index (κ3) is 4.34. The molecule has 1 atom stereocenters. The van der Waals surface area contributed by atoms with E-state index in [-0.39, 0.29) is 5.91 Å². The number of amides is 1. The minimum Gasteiger partial charge on any atom is -0.332 e. The van der Waals surface area contributed by atoms with Crippen LogP contribution in [0.25, 0.3) is 0 Å². The average Bonchev–Trinajstić information content (AvgIpc) is 2.91. The van der Waals surface area contributed by atoms with E-state index in [9.17, 15) is 4.79 Å². The summed E-state index contributed by atoms with van der Waals surface area (Å²) in [6.07, 6.45) is 1.70. The Hall–Kier alpha value is -1.29. The summed E-state index contributed by atoms with van der Waals surface area (Å²) in [5.41, 5.74) is 0.794. The second kappa shape index (κ2) is 7.64. The Balaban J connectivity index is 2.13. The molecule has 1 unspecified atom stereocenters. The molecule has 110 valence electrons. The lowest BCUT2D eigenvalue weighted by Crippen LogP contribution is -2.33. The Bertz CT molecular complexity index is 612. The fourth-order valence-electron chi connectivity index (χ4n) is 1.94. The highest BCUT2D eigenvalue weighted by Gasteiger charge is 2.23. The SMILES string of the molecule is C=CCN(Cc1ccc(Cl)s1)C(=O)C(Cl)c1ccccc1. The third-order valence-electron chi connectivity index (χ3n) is 2.95. The number of halogens is 2. The number of alkyl halides is 1. The van der Waals surface area contributed by atoms with Gasteiger partial charge in [0.05, 0.1) is 10.9 Å². The van der Waals surface area contributed by atoms with E-state index in [0.29, 0.717) is 17.4 Å². The first-order chi connectivity index (χ1) is 10.1. The second-order valence-corrected chi connectivity index (χ2v) is 6.72. The summed E-state index contributed by atoms with van der Waals surface area (Å²) in [7, 11) is 0. The number of carbonyl (C=O) groups excluding carboxylic acids is 1. The molecule has 0 bridgehead atoms. The Morgan fingerprint density at radius 2 is 2.00 bits per heavy atom. The Morgan fingerprint density at radius 3 is 2.57 bits per heavy atom. The van der Waals surface area contributed by atoms with Crippen LogP contribution in [-0.2, 0) is 11.3 Å². The lowest BCUT2D eigenvalue weighted by Gasteiger charge is -2.23. The lowest BCUT2D eigenvalue weighted by molar-refractivity contribution is -0.130. The van der Waals surface area contributed by atoms with Crippen molar-refractivity contribution in [3.63, 3.8) is 0 Å². The van der Waals surface area contributed by atoms with E-state index in [0.717, 1.165) is 10.4 Å². The van der Waals surface area contributed by atoms with Crippen LogP contribution < -0.4 is 0 Å². The molecule has 1 amide bonds. The van der Waals surface area contributed by atoms with Crippen molar-refractivity contribution in [1.82, 2.24) is 4.90 Å².